The zero-order valence-electron chi connectivity index (χ0n) is 18.7. The lowest BCUT2D eigenvalue weighted by atomic mass is 9.96. The monoisotopic (exact) mass is 464 g/mol. The maximum atomic E-state index is 13.9. The third-order valence-corrected chi connectivity index (χ3v) is 6.66. The van der Waals surface area contributed by atoms with E-state index in [1.54, 1.807) is 25.3 Å². The van der Waals surface area contributed by atoms with E-state index in [0.29, 0.717) is 31.1 Å². The third kappa shape index (κ3) is 4.41. The van der Waals surface area contributed by atoms with Crippen LogP contribution in [0.3, 0.4) is 0 Å². The van der Waals surface area contributed by atoms with Crippen LogP contribution in [0.5, 0.6) is 0 Å². The van der Waals surface area contributed by atoms with Gasteiger partial charge in [0, 0.05) is 50.5 Å². The van der Waals surface area contributed by atoms with Crippen LogP contribution in [-0.4, -0.2) is 85.5 Å². The van der Waals surface area contributed by atoms with E-state index >= 15 is 0 Å². The predicted molar refractivity (Wildman–Crippen MR) is 118 cm³/mol. The van der Waals surface area contributed by atoms with Crippen LogP contribution >= 0.6 is 0 Å². The molecule has 11 heteroatoms. The van der Waals surface area contributed by atoms with Crippen molar-refractivity contribution in [3.63, 3.8) is 0 Å². The number of aliphatic hydroxyl groups excluding tert-OH is 1. The number of benzene rings is 1. The minimum Gasteiger partial charge on any atom is -0.387 e. The number of tetrazole rings is 1. The van der Waals surface area contributed by atoms with Crippen LogP contribution in [0.25, 0.3) is 5.82 Å². The molecule has 0 aliphatic carbocycles. The molecule has 3 aromatic rings. The van der Waals surface area contributed by atoms with Gasteiger partial charge in [-0.1, -0.05) is 12.1 Å². The summed E-state index contributed by atoms with van der Waals surface area (Å²) in [5.74, 6) is 0.0894. The lowest BCUT2D eigenvalue weighted by molar-refractivity contribution is -0.0939. The first kappa shape index (κ1) is 22.5. The van der Waals surface area contributed by atoms with Crippen LogP contribution < -0.4 is 0 Å². The Labute approximate surface area is 196 Å². The van der Waals surface area contributed by atoms with Crippen molar-refractivity contribution in [3.8, 4) is 11.9 Å². The highest BCUT2D eigenvalue weighted by atomic mass is 19.1. The van der Waals surface area contributed by atoms with Gasteiger partial charge in [-0.25, -0.2) is 9.37 Å². The zero-order chi connectivity index (χ0) is 23.7. The molecule has 0 saturated carbocycles. The van der Waals surface area contributed by atoms with Gasteiger partial charge in [0.15, 0.2) is 5.82 Å². The number of nitriles is 1. The Morgan fingerprint density at radius 2 is 2.15 bits per heavy atom. The number of hydrogen-bond acceptors (Lipinski definition) is 9. The summed E-state index contributed by atoms with van der Waals surface area (Å²) in [5.41, 5.74) is 2.33. The molecule has 2 saturated heterocycles. The SMILES string of the molecule is Cc1c([C@@H]2CN3CCN(CC(O)c4ccc(-n5cnnn5)nc4)C[C@H]3CO2)ccc(F)c1C#N. The molecule has 176 valence electrons. The fraction of sp³-hybridized carbons (Fsp3) is 0.435. The summed E-state index contributed by atoms with van der Waals surface area (Å²) >= 11 is 0. The second-order valence-corrected chi connectivity index (χ2v) is 8.70. The molecule has 0 amide bonds. The van der Waals surface area contributed by atoms with Gasteiger partial charge in [0.2, 0.25) is 0 Å². The Bertz CT molecular complexity index is 1180. The van der Waals surface area contributed by atoms with Gasteiger partial charge in [-0.3, -0.25) is 9.80 Å². The summed E-state index contributed by atoms with van der Waals surface area (Å²) in [6.45, 7) is 5.96. The van der Waals surface area contributed by atoms with Crippen molar-refractivity contribution >= 4 is 0 Å². The van der Waals surface area contributed by atoms with Crippen LogP contribution in [0, 0.1) is 24.1 Å². The normalized spacial score (nSPS) is 22.2. The fourth-order valence-electron chi connectivity index (χ4n) is 4.73. The summed E-state index contributed by atoms with van der Waals surface area (Å²) in [4.78, 5) is 8.95. The summed E-state index contributed by atoms with van der Waals surface area (Å²) in [5, 5.41) is 31.0. The van der Waals surface area contributed by atoms with E-state index in [0.717, 1.165) is 30.8 Å². The lowest BCUT2D eigenvalue weighted by Crippen LogP contribution is -2.58. The minimum atomic E-state index is -0.662. The van der Waals surface area contributed by atoms with Crippen LogP contribution in [0.2, 0.25) is 0 Å². The van der Waals surface area contributed by atoms with Gasteiger partial charge in [-0.05, 0) is 40.6 Å². The first-order chi connectivity index (χ1) is 16.5. The molecule has 4 heterocycles. The minimum absolute atomic E-state index is 0.0857. The molecule has 2 aliphatic heterocycles. The summed E-state index contributed by atoms with van der Waals surface area (Å²) in [6.07, 6.45) is 2.26. The number of halogens is 1. The van der Waals surface area contributed by atoms with Gasteiger partial charge in [0.25, 0.3) is 0 Å². The quantitative estimate of drug-likeness (QED) is 0.594. The standard InChI is InChI=1S/C23H25FN8O2/c1-15-18(3-4-20(24)19(15)8-25)22-12-31-7-6-30(10-17(31)13-34-22)11-21(33)16-2-5-23(26-9-16)32-14-27-28-29-32/h2-5,9,14,17,21-22,33H,6-7,10-13H2,1H3/t17-,21?,22-/m0/s1. The first-order valence-electron chi connectivity index (χ1n) is 11.2. The second-order valence-electron chi connectivity index (χ2n) is 8.70. The molecule has 34 heavy (non-hydrogen) atoms. The third-order valence-electron chi connectivity index (χ3n) is 6.66. The van der Waals surface area contributed by atoms with E-state index in [-0.39, 0.29) is 17.7 Å². The van der Waals surface area contributed by atoms with Gasteiger partial charge in [-0.15, -0.1) is 5.10 Å². The number of morpholine rings is 1. The van der Waals surface area contributed by atoms with Crippen molar-refractivity contribution in [1.82, 2.24) is 35.0 Å². The number of pyridine rings is 1. The predicted octanol–water partition coefficient (Wildman–Crippen LogP) is 1.17. The molecular weight excluding hydrogens is 439 g/mol. The van der Waals surface area contributed by atoms with Crippen LogP contribution in [0.1, 0.15) is 34.5 Å². The first-order valence-corrected chi connectivity index (χ1v) is 11.2. The van der Waals surface area contributed by atoms with Crippen LogP contribution in [-0.2, 0) is 4.74 Å². The van der Waals surface area contributed by atoms with Crippen molar-refractivity contribution < 1.29 is 14.2 Å². The number of piperazine rings is 1. The molecule has 0 radical (unpaired) electrons. The molecule has 10 nitrogen and oxygen atoms in total. The average Bonchev–Trinajstić information content (AvgIpc) is 3.39. The highest BCUT2D eigenvalue weighted by Crippen LogP contribution is 2.31. The van der Waals surface area contributed by atoms with E-state index in [1.165, 1.54) is 17.1 Å². The zero-order valence-corrected chi connectivity index (χ0v) is 18.7. The van der Waals surface area contributed by atoms with Gasteiger partial charge < -0.3 is 9.84 Å². The maximum absolute atomic E-state index is 13.9. The van der Waals surface area contributed by atoms with Crippen molar-refractivity contribution in [2.24, 2.45) is 0 Å². The van der Waals surface area contributed by atoms with E-state index in [9.17, 15) is 14.8 Å². The fourth-order valence-corrected chi connectivity index (χ4v) is 4.73. The molecule has 0 spiro atoms. The van der Waals surface area contributed by atoms with Crippen molar-refractivity contribution in [2.75, 3.05) is 39.3 Å². The number of ether oxygens (including phenoxy) is 1. The molecule has 5 rings (SSSR count). The number of aromatic nitrogens is 5. The molecule has 2 aromatic heterocycles. The Kier molecular flexibility index (Phi) is 6.30. The van der Waals surface area contributed by atoms with Crippen molar-refractivity contribution in [1.29, 1.82) is 5.26 Å². The van der Waals surface area contributed by atoms with Crippen molar-refractivity contribution in [2.45, 2.75) is 25.2 Å². The number of fused-ring (bicyclic) bond motifs is 1. The molecule has 1 unspecified atom stereocenters. The van der Waals surface area contributed by atoms with Crippen LogP contribution in [0.15, 0.2) is 36.8 Å². The largest absolute Gasteiger partial charge is 0.387 e. The summed E-state index contributed by atoms with van der Waals surface area (Å²) in [7, 11) is 0. The molecule has 0 bridgehead atoms. The van der Waals surface area contributed by atoms with E-state index < -0.39 is 11.9 Å². The van der Waals surface area contributed by atoms with Gasteiger partial charge in [0.05, 0.1) is 24.4 Å². The molecule has 1 N–H and O–H groups in total. The highest BCUT2D eigenvalue weighted by molar-refractivity contribution is 5.44. The van der Waals surface area contributed by atoms with Gasteiger partial charge >= 0.3 is 0 Å². The molecular formula is C23H25FN8O2. The Morgan fingerprint density at radius 3 is 2.88 bits per heavy atom. The number of rotatable bonds is 5. The summed E-state index contributed by atoms with van der Waals surface area (Å²) in [6, 6.07) is 8.85. The van der Waals surface area contributed by atoms with E-state index in [2.05, 4.69) is 30.3 Å². The average molecular weight is 465 g/mol. The Hall–Kier alpha value is -3.30. The summed E-state index contributed by atoms with van der Waals surface area (Å²) < 4.78 is 21.5. The van der Waals surface area contributed by atoms with E-state index in [1.807, 2.05) is 12.1 Å². The maximum Gasteiger partial charge on any atom is 0.156 e. The number of nitrogens with zero attached hydrogens (tertiary/aromatic N) is 8. The Morgan fingerprint density at radius 1 is 1.26 bits per heavy atom. The van der Waals surface area contributed by atoms with Gasteiger partial charge in [-0.2, -0.15) is 9.94 Å². The smallest absolute Gasteiger partial charge is 0.156 e. The lowest BCUT2D eigenvalue weighted by Gasteiger charge is -2.46. The van der Waals surface area contributed by atoms with E-state index in [4.69, 9.17) is 4.74 Å². The number of hydrogen-bond donors (Lipinski definition) is 1. The number of β-amino-alcohol motifs (C(OH)–C–C–N with tert-alkyl or cyclic N) is 1. The highest BCUT2D eigenvalue weighted by Gasteiger charge is 2.35. The number of aliphatic hydroxyl groups is 1. The van der Waals surface area contributed by atoms with Crippen molar-refractivity contribution in [3.05, 3.63) is 64.9 Å². The second kappa shape index (κ2) is 9.52. The topological polar surface area (TPSA) is 116 Å². The molecule has 1 aromatic carbocycles. The Balaban J connectivity index is 1.18. The molecule has 3 atom stereocenters. The molecule has 2 fully saturated rings. The van der Waals surface area contributed by atoms with Crippen LogP contribution in [0.4, 0.5) is 4.39 Å². The van der Waals surface area contributed by atoms with Gasteiger partial charge in [0.1, 0.15) is 18.2 Å². The molecule has 2 aliphatic rings.